The van der Waals surface area contributed by atoms with E-state index < -0.39 is 0 Å². The molecule has 1 unspecified atom stereocenters. The Kier molecular flexibility index (Phi) is 3.39. The highest BCUT2D eigenvalue weighted by atomic mass is 16.5. The molecule has 0 aromatic heterocycles. The number of hydrogen-bond acceptors (Lipinski definition) is 4. The van der Waals surface area contributed by atoms with Crippen LogP contribution in [0.25, 0.3) is 0 Å². The van der Waals surface area contributed by atoms with Crippen LogP contribution in [0.4, 0.5) is 0 Å². The predicted molar refractivity (Wildman–Crippen MR) is 70.7 cm³/mol. The van der Waals surface area contributed by atoms with Crippen LogP contribution in [0.3, 0.4) is 0 Å². The van der Waals surface area contributed by atoms with E-state index in [1.54, 1.807) is 21.3 Å². The molecule has 0 heterocycles. The smallest absolute Gasteiger partial charge is 0.203 e. The molecule has 1 saturated carbocycles. The first-order valence-corrected chi connectivity index (χ1v) is 6.15. The number of hydrogen-bond donors (Lipinski definition) is 1. The lowest BCUT2D eigenvalue weighted by molar-refractivity contribution is 0.318. The average Bonchev–Trinajstić information content (AvgIpc) is 3.18. The van der Waals surface area contributed by atoms with Crippen LogP contribution in [0, 0.1) is 0 Å². The normalized spacial score (nSPS) is 18.1. The topological polar surface area (TPSA) is 53.7 Å². The van der Waals surface area contributed by atoms with Crippen molar-refractivity contribution in [3.8, 4) is 17.2 Å². The lowest BCUT2D eigenvalue weighted by Crippen LogP contribution is -2.32. The van der Waals surface area contributed by atoms with E-state index in [2.05, 4.69) is 0 Å². The summed E-state index contributed by atoms with van der Waals surface area (Å²) in [5, 5.41) is 0. The maximum Gasteiger partial charge on any atom is 0.203 e. The Labute approximate surface area is 108 Å². The van der Waals surface area contributed by atoms with Gasteiger partial charge in [-0.05, 0) is 25.8 Å². The van der Waals surface area contributed by atoms with E-state index in [4.69, 9.17) is 19.9 Å². The van der Waals surface area contributed by atoms with Gasteiger partial charge in [-0.2, -0.15) is 0 Å². The highest BCUT2D eigenvalue weighted by molar-refractivity contribution is 5.59. The van der Waals surface area contributed by atoms with Crippen LogP contribution in [-0.4, -0.2) is 27.4 Å². The first-order valence-electron chi connectivity index (χ1n) is 6.15. The van der Waals surface area contributed by atoms with Crippen LogP contribution >= 0.6 is 0 Å². The number of benzene rings is 1. The molecule has 2 rings (SSSR count). The van der Waals surface area contributed by atoms with Crippen LogP contribution in [0.1, 0.15) is 25.3 Å². The Balaban J connectivity index is 2.55. The summed E-state index contributed by atoms with van der Waals surface area (Å²) in [6.07, 6.45) is 2.19. The minimum atomic E-state index is 0.0326. The van der Waals surface area contributed by atoms with E-state index >= 15 is 0 Å². The van der Waals surface area contributed by atoms with Gasteiger partial charge in [-0.25, -0.2) is 0 Å². The summed E-state index contributed by atoms with van der Waals surface area (Å²) in [5.74, 6) is 2.06. The molecule has 4 heteroatoms. The van der Waals surface area contributed by atoms with Crippen molar-refractivity contribution in [3.63, 3.8) is 0 Å². The van der Waals surface area contributed by atoms with Gasteiger partial charge in [0.2, 0.25) is 5.75 Å². The fourth-order valence-electron chi connectivity index (χ4n) is 2.60. The predicted octanol–water partition coefficient (Wildman–Crippen LogP) is 2.09. The third-order valence-corrected chi connectivity index (χ3v) is 3.90. The van der Waals surface area contributed by atoms with E-state index in [0.717, 1.165) is 24.2 Å². The van der Waals surface area contributed by atoms with Crippen molar-refractivity contribution in [1.29, 1.82) is 0 Å². The van der Waals surface area contributed by atoms with Gasteiger partial charge < -0.3 is 19.9 Å². The zero-order chi connectivity index (χ0) is 13.3. The Bertz CT molecular complexity index is 439. The largest absolute Gasteiger partial charge is 0.493 e. The molecule has 1 aliphatic rings. The second-order valence-corrected chi connectivity index (χ2v) is 4.83. The van der Waals surface area contributed by atoms with Gasteiger partial charge in [0.1, 0.15) is 0 Å². The van der Waals surface area contributed by atoms with E-state index in [-0.39, 0.29) is 11.5 Å². The summed E-state index contributed by atoms with van der Waals surface area (Å²) in [6.45, 7) is 2.04. The Morgan fingerprint density at radius 1 is 1.06 bits per heavy atom. The van der Waals surface area contributed by atoms with Gasteiger partial charge in [0.15, 0.2) is 11.5 Å². The van der Waals surface area contributed by atoms with Gasteiger partial charge in [0.05, 0.1) is 21.3 Å². The number of ether oxygens (including phenoxy) is 3. The molecule has 2 N–H and O–H groups in total. The Morgan fingerprint density at radius 2 is 1.67 bits per heavy atom. The minimum Gasteiger partial charge on any atom is -0.493 e. The molecule has 1 aromatic rings. The SMILES string of the molecule is COc1ccc(C2(C(C)N)CC2)c(OC)c1OC. The molecular weight excluding hydrogens is 230 g/mol. The monoisotopic (exact) mass is 251 g/mol. The molecule has 0 bridgehead atoms. The first kappa shape index (κ1) is 13.0. The fraction of sp³-hybridized carbons (Fsp3) is 0.571. The van der Waals surface area contributed by atoms with Gasteiger partial charge in [-0.1, -0.05) is 6.07 Å². The third-order valence-electron chi connectivity index (χ3n) is 3.90. The Hall–Kier alpha value is -1.42. The molecular formula is C14H21NO3. The van der Waals surface area contributed by atoms with E-state index in [9.17, 15) is 0 Å². The molecule has 1 atom stereocenters. The lowest BCUT2D eigenvalue weighted by Gasteiger charge is -2.24. The van der Waals surface area contributed by atoms with E-state index in [1.165, 1.54) is 0 Å². The highest BCUT2D eigenvalue weighted by Gasteiger charge is 2.49. The quantitative estimate of drug-likeness (QED) is 0.870. The number of nitrogens with two attached hydrogens (primary N) is 1. The van der Waals surface area contributed by atoms with Crippen molar-refractivity contribution >= 4 is 0 Å². The second-order valence-electron chi connectivity index (χ2n) is 4.83. The zero-order valence-corrected chi connectivity index (χ0v) is 11.4. The molecule has 0 spiro atoms. The first-order chi connectivity index (χ1) is 8.60. The number of rotatable bonds is 5. The molecule has 0 radical (unpaired) electrons. The summed E-state index contributed by atoms with van der Waals surface area (Å²) in [5.41, 5.74) is 7.28. The standard InChI is InChI=1S/C14H21NO3/c1-9(15)14(7-8-14)10-5-6-11(16-2)13(18-4)12(10)17-3/h5-6,9H,7-8,15H2,1-4H3. The third kappa shape index (κ3) is 1.81. The Morgan fingerprint density at radius 3 is 2.06 bits per heavy atom. The molecule has 0 amide bonds. The molecule has 18 heavy (non-hydrogen) atoms. The number of methoxy groups -OCH3 is 3. The molecule has 0 aliphatic heterocycles. The van der Waals surface area contributed by atoms with Crippen molar-refractivity contribution in [3.05, 3.63) is 17.7 Å². The van der Waals surface area contributed by atoms with Crippen molar-refractivity contribution in [2.24, 2.45) is 5.73 Å². The zero-order valence-electron chi connectivity index (χ0n) is 11.4. The van der Waals surface area contributed by atoms with Crippen LogP contribution in [0.2, 0.25) is 0 Å². The molecule has 4 nitrogen and oxygen atoms in total. The maximum atomic E-state index is 6.12. The van der Waals surface area contributed by atoms with Crippen LogP contribution in [0.15, 0.2) is 12.1 Å². The molecule has 1 fully saturated rings. The summed E-state index contributed by atoms with van der Waals surface area (Å²) in [4.78, 5) is 0. The van der Waals surface area contributed by atoms with Gasteiger partial charge in [-0.15, -0.1) is 0 Å². The van der Waals surface area contributed by atoms with Crippen LogP contribution < -0.4 is 19.9 Å². The molecule has 100 valence electrons. The van der Waals surface area contributed by atoms with Gasteiger partial charge in [0.25, 0.3) is 0 Å². The van der Waals surface area contributed by atoms with E-state index in [0.29, 0.717) is 11.5 Å². The summed E-state index contributed by atoms with van der Waals surface area (Å²) in [6, 6.07) is 4.06. The second kappa shape index (κ2) is 4.69. The van der Waals surface area contributed by atoms with Gasteiger partial charge in [-0.3, -0.25) is 0 Å². The highest BCUT2D eigenvalue weighted by Crippen LogP contribution is 2.56. The maximum absolute atomic E-state index is 6.12. The summed E-state index contributed by atoms with van der Waals surface area (Å²) < 4.78 is 16.2. The van der Waals surface area contributed by atoms with Gasteiger partial charge >= 0.3 is 0 Å². The van der Waals surface area contributed by atoms with E-state index in [1.807, 2.05) is 19.1 Å². The van der Waals surface area contributed by atoms with Gasteiger partial charge in [0, 0.05) is 17.0 Å². The molecule has 1 aromatic carbocycles. The van der Waals surface area contributed by atoms with Crippen LogP contribution in [-0.2, 0) is 5.41 Å². The molecule has 0 saturated heterocycles. The van der Waals surface area contributed by atoms with Crippen molar-refractivity contribution < 1.29 is 14.2 Å². The summed E-state index contributed by atoms with van der Waals surface area (Å²) in [7, 11) is 4.89. The van der Waals surface area contributed by atoms with Crippen molar-refractivity contribution in [2.45, 2.75) is 31.2 Å². The lowest BCUT2D eigenvalue weighted by atomic mass is 9.88. The van der Waals surface area contributed by atoms with Crippen LogP contribution in [0.5, 0.6) is 17.2 Å². The molecule has 1 aliphatic carbocycles. The summed E-state index contributed by atoms with van der Waals surface area (Å²) >= 11 is 0. The fourth-order valence-corrected chi connectivity index (χ4v) is 2.60. The van der Waals surface area contributed by atoms with Crippen molar-refractivity contribution in [2.75, 3.05) is 21.3 Å². The average molecular weight is 251 g/mol. The minimum absolute atomic E-state index is 0.0326. The van der Waals surface area contributed by atoms with Crippen molar-refractivity contribution in [1.82, 2.24) is 0 Å².